The predicted molar refractivity (Wildman–Crippen MR) is 89.0 cm³/mol. The molecule has 2 atom stereocenters. The summed E-state index contributed by atoms with van der Waals surface area (Å²) in [4.78, 5) is 11.8. The third kappa shape index (κ3) is 6.33. The molecule has 10 heteroatoms. The van der Waals surface area contributed by atoms with Crippen LogP contribution in [-0.2, 0) is 22.1 Å². The molecule has 0 saturated carbocycles. The van der Waals surface area contributed by atoms with Gasteiger partial charge in [0.2, 0.25) is 5.91 Å². The molecule has 2 unspecified atom stereocenters. The Bertz CT molecular complexity index is 563. The molecule has 1 radical (unpaired) electrons. The molecule has 0 aliphatic rings. The number of halogens is 5. The largest absolute Gasteiger partial charge is 0.616 e. The standard InChI is InChI=1S/C14H16Cl2F3N2O2S/c1-24(23)9(7-20)3-2-4-12(22)21-13-10(15)5-8(6-11(13)16)14(17,18)19/h5-6,9H,2-4,7,20H2,1H3. The molecule has 24 heavy (non-hydrogen) atoms. The highest BCUT2D eigenvalue weighted by Gasteiger charge is 2.32. The molecule has 1 aromatic rings. The molecule has 0 spiro atoms. The number of hydrogen-bond acceptors (Lipinski definition) is 3. The lowest BCUT2D eigenvalue weighted by Crippen LogP contribution is -2.29. The fourth-order valence-corrected chi connectivity index (χ4v) is 3.26. The molecule has 4 nitrogen and oxygen atoms in total. The molecule has 0 aromatic heterocycles. The van der Waals surface area contributed by atoms with Gasteiger partial charge in [0.15, 0.2) is 0 Å². The third-order valence-corrected chi connectivity index (χ3v) is 5.17. The van der Waals surface area contributed by atoms with Gasteiger partial charge in [-0.1, -0.05) is 34.4 Å². The molecule has 2 N–H and O–H groups in total. The van der Waals surface area contributed by atoms with Crippen LogP contribution in [0.25, 0.3) is 0 Å². The summed E-state index contributed by atoms with van der Waals surface area (Å²) in [5.74, 6) is -0.573. The van der Waals surface area contributed by atoms with Crippen molar-refractivity contribution in [3.63, 3.8) is 0 Å². The summed E-state index contributed by atoms with van der Waals surface area (Å²) in [6, 6.07) is 1.34. The van der Waals surface area contributed by atoms with E-state index in [0.29, 0.717) is 25.0 Å². The molecule has 0 fully saturated rings. The van der Waals surface area contributed by atoms with Crippen LogP contribution in [0, 0.1) is 0 Å². The maximum Gasteiger partial charge on any atom is 0.416 e. The Morgan fingerprint density at radius 1 is 1.38 bits per heavy atom. The van der Waals surface area contributed by atoms with Gasteiger partial charge in [0.1, 0.15) is 10.9 Å². The van der Waals surface area contributed by atoms with Gasteiger partial charge >= 0.3 is 6.18 Å². The van der Waals surface area contributed by atoms with Gasteiger partial charge in [-0.25, -0.2) is 5.32 Å². The number of carbonyl (C=O) groups is 1. The fourth-order valence-electron chi connectivity index (χ4n) is 1.92. The van der Waals surface area contributed by atoms with Crippen molar-refractivity contribution < 1.29 is 22.5 Å². The summed E-state index contributed by atoms with van der Waals surface area (Å²) in [6.07, 6.45) is -2.15. The summed E-state index contributed by atoms with van der Waals surface area (Å²) in [5.41, 5.74) is 4.27. The zero-order valence-corrected chi connectivity index (χ0v) is 15.0. The highest BCUT2D eigenvalue weighted by atomic mass is 35.5. The average Bonchev–Trinajstić information content (AvgIpc) is 2.45. The Labute approximate surface area is 151 Å². The van der Waals surface area contributed by atoms with Gasteiger partial charge in [0, 0.05) is 13.0 Å². The van der Waals surface area contributed by atoms with Crippen LogP contribution in [0.1, 0.15) is 24.8 Å². The minimum atomic E-state index is -4.59. The maximum absolute atomic E-state index is 12.6. The molecule has 0 heterocycles. The molecule has 0 saturated heterocycles. The first-order chi connectivity index (χ1) is 11.1. The van der Waals surface area contributed by atoms with E-state index in [2.05, 4.69) is 5.32 Å². The SMILES string of the molecule is C[S+]([O-])C(CN)CCCC(=O)[N]c1c(Cl)cc(C(F)(F)F)cc1Cl. The molecular weight excluding hydrogens is 388 g/mol. The molecule has 1 rings (SSSR count). The number of rotatable bonds is 7. The number of hydrogen-bond donors (Lipinski definition) is 1. The van der Waals surface area contributed by atoms with Crippen LogP contribution in [-0.4, -0.2) is 28.5 Å². The van der Waals surface area contributed by atoms with Crippen molar-refractivity contribution in [3.05, 3.63) is 27.7 Å². The number of carbonyl (C=O) groups excluding carboxylic acids is 1. The van der Waals surface area contributed by atoms with Crippen molar-refractivity contribution in [1.29, 1.82) is 0 Å². The molecule has 0 bridgehead atoms. The van der Waals surface area contributed by atoms with E-state index in [0.717, 1.165) is 0 Å². The van der Waals surface area contributed by atoms with Gasteiger partial charge < -0.3 is 10.3 Å². The van der Waals surface area contributed by atoms with Crippen LogP contribution in [0.2, 0.25) is 10.0 Å². The molecular formula is C14H16Cl2F3N2O2S. The van der Waals surface area contributed by atoms with Crippen LogP contribution in [0.15, 0.2) is 12.1 Å². The van der Waals surface area contributed by atoms with E-state index in [9.17, 15) is 22.5 Å². The lowest BCUT2D eigenvalue weighted by molar-refractivity contribution is -0.137. The van der Waals surface area contributed by atoms with Gasteiger partial charge in [-0.3, -0.25) is 4.79 Å². The topological polar surface area (TPSA) is 80.2 Å². The van der Waals surface area contributed by atoms with Crippen molar-refractivity contribution >= 4 is 46.0 Å². The Morgan fingerprint density at radius 2 is 1.92 bits per heavy atom. The lowest BCUT2D eigenvalue weighted by Gasteiger charge is -2.16. The van der Waals surface area contributed by atoms with E-state index < -0.39 is 28.8 Å². The van der Waals surface area contributed by atoms with Gasteiger partial charge in [-0.05, 0) is 25.0 Å². The maximum atomic E-state index is 12.6. The minimum absolute atomic E-state index is 0.0291. The first-order valence-electron chi connectivity index (χ1n) is 6.89. The monoisotopic (exact) mass is 403 g/mol. The van der Waals surface area contributed by atoms with Gasteiger partial charge in [-0.2, -0.15) is 13.2 Å². The van der Waals surface area contributed by atoms with E-state index in [1.807, 2.05) is 0 Å². The summed E-state index contributed by atoms with van der Waals surface area (Å²) >= 11 is 10.4. The molecule has 1 aromatic carbocycles. The number of alkyl halides is 3. The van der Waals surface area contributed by atoms with Crippen LogP contribution in [0.3, 0.4) is 0 Å². The smallest absolute Gasteiger partial charge is 0.416 e. The van der Waals surface area contributed by atoms with Crippen molar-refractivity contribution in [2.45, 2.75) is 30.7 Å². The summed E-state index contributed by atoms with van der Waals surface area (Å²) in [5, 5.41) is 2.76. The number of nitrogens with two attached hydrogens (primary N) is 1. The normalized spacial score (nSPS) is 14.3. The summed E-state index contributed by atoms with van der Waals surface area (Å²) in [6.45, 7) is 0.241. The van der Waals surface area contributed by atoms with Gasteiger partial charge in [-0.15, -0.1) is 0 Å². The molecule has 1 amide bonds. The highest BCUT2D eigenvalue weighted by Crippen LogP contribution is 2.38. The second-order valence-electron chi connectivity index (χ2n) is 5.04. The highest BCUT2D eigenvalue weighted by molar-refractivity contribution is 7.91. The van der Waals surface area contributed by atoms with Crippen molar-refractivity contribution in [2.24, 2.45) is 5.73 Å². The van der Waals surface area contributed by atoms with E-state index in [1.54, 1.807) is 0 Å². The molecule has 0 aliphatic heterocycles. The Kier molecular flexibility index (Phi) is 8.14. The van der Waals surface area contributed by atoms with Gasteiger partial charge in [0.05, 0.1) is 21.9 Å². The van der Waals surface area contributed by atoms with Crippen molar-refractivity contribution in [2.75, 3.05) is 12.8 Å². The minimum Gasteiger partial charge on any atom is -0.616 e. The number of amides is 1. The quantitative estimate of drug-likeness (QED) is 0.705. The van der Waals surface area contributed by atoms with Crippen LogP contribution >= 0.6 is 23.2 Å². The third-order valence-electron chi connectivity index (χ3n) is 3.23. The molecule has 135 valence electrons. The average molecular weight is 404 g/mol. The zero-order valence-electron chi connectivity index (χ0n) is 12.7. The first kappa shape index (κ1) is 21.4. The van der Waals surface area contributed by atoms with E-state index in [4.69, 9.17) is 28.9 Å². The van der Waals surface area contributed by atoms with Crippen LogP contribution in [0.4, 0.5) is 18.9 Å². The summed E-state index contributed by atoms with van der Waals surface area (Å²) < 4.78 is 49.2. The first-order valence-corrected chi connectivity index (χ1v) is 9.27. The summed E-state index contributed by atoms with van der Waals surface area (Å²) in [7, 11) is 0. The van der Waals surface area contributed by atoms with Crippen LogP contribution in [0.5, 0.6) is 0 Å². The van der Waals surface area contributed by atoms with Crippen molar-refractivity contribution in [3.8, 4) is 0 Å². The zero-order chi connectivity index (χ0) is 18.5. The van der Waals surface area contributed by atoms with E-state index in [1.165, 1.54) is 6.26 Å². The lowest BCUT2D eigenvalue weighted by atomic mass is 10.1. The van der Waals surface area contributed by atoms with Gasteiger partial charge in [0.25, 0.3) is 0 Å². The predicted octanol–water partition coefficient (Wildman–Crippen LogP) is 3.65. The second-order valence-corrected chi connectivity index (χ2v) is 7.52. The van der Waals surface area contributed by atoms with Crippen molar-refractivity contribution in [1.82, 2.24) is 5.32 Å². The molecule has 0 aliphatic carbocycles. The number of benzene rings is 1. The Hall–Kier alpha value is -0.670. The Morgan fingerprint density at radius 3 is 2.33 bits per heavy atom. The fraction of sp³-hybridized carbons (Fsp3) is 0.500. The second kappa shape index (κ2) is 9.15. The number of nitrogens with zero attached hydrogens (tertiary/aromatic N) is 1. The van der Waals surface area contributed by atoms with E-state index >= 15 is 0 Å². The van der Waals surface area contributed by atoms with E-state index in [-0.39, 0.29) is 33.9 Å². The van der Waals surface area contributed by atoms with Crippen LogP contribution < -0.4 is 11.1 Å². The Balaban J connectivity index is 2.68.